The Morgan fingerprint density at radius 1 is 0.913 bits per heavy atom. The molecule has 23 heavy (non-hydrogen) atoms. The first-order valence-corrected chi connectivity index (χ1v) is 6.74. The summed E-state index contributed by atoms with van der Waals surface area (Å²) in [6, 6.07) is 6.69. The van der Waals surface area contributed by atoms with Crippen molar-refractivity contribution in [2.45, 2.75) is 13.1 Å². The van der Waals surface area contributed by atoms with Gasteiger partial charge in [-0.05, 0) is 36.4 Å². The maximum absolute atomic E-state index is 13.3. The molecular weight excluding hydrogens is 308 g/mol. The van der Waals surface area contributed by atoms with Crippen LogP contribution >= 0.6 is 0 Å². The highest BCUT2D eigenvalue weighted by Gasteiger charge is 2.16. The van der Waals surface area contributed by atoms with E-state index in [-0.39, 0.29) is 35.7 Å². The summed E-state index contributed by atoms with van der Waals surface area (Å²) in [6.45, 7) is -0.580. The Bertz CT molecular complexity index is 668. The van der Waals surface area contributed by atoms with Crippen LogP contribution < -0.4 is 0 Å². The molecular formula is C16H15F2NO4. The number of halogens is 2. The van der Waals surface area contributed by atoms with Gasteiger partial charge in [-0.1, -0.05) is 0 Å². The predicted octanol–water partition coefficient (Wildman–Crippen LogP) is 2.46. The summed E-state index contributed by atoms with van der Waals surface area (Å²) in [4.78, 5) is 12.3. The maximum atomic E-state index is 13.3. The lowest BCUT2D eigenvalue weighted by Crippen LogP contribution is -2.29. The normalized spacial score (nSPS) is 10.9. The van der Waals surface area contributed by atoms with Crippen LogP contribution in [0.1, 0.15) is 11.1 Å². The van der Waals surface area contributed by atoms with Gasteiger partial charge in [0.25, 0.3) is 0 Å². The number of phenolic OH excluding ortho intramolecular Hbond substituents is 2. The topological polar surface area (TPSA) is 81.0 Å². The summed E-state index contributed by atoms with van der Waals surface area (Å²) < 4.78 is 26.5. The van der Waals surface area contributed by atoms with Gasteiger partial charge in [0.2, 0.25) is 0 Å². The Morgan fingerprint density at radius 2 is 1.35 bits per heavy atom. The fourth-order valence-electron chi connectivity index (χ4n) is 2.20. The van der Waals surface area contributed by atoms with Crippen molar-refractivity contribution >= 4 is 5.97 Å². The fraction of sp³-hybridized carbons (Fsp3) is 0.188. The van der Waals surface area contributed by atoms with Crippen LogP contribution in [-0.2, 0) is 17.9 Å². The molecule has 0 bridgehead atoms. The first-order valence-electron chi connectivity index (χ1n) is 6.74. The summed E-state index contributed by atoms with van der Waals surface area (Å²) in [7, 11) is 0. The van der Waals surface area contributed by atoms with Crippen LogP contribution in [0.4, 0.5) is 8.78 Å². The van der Waals surface area contributed by atoms with Crippen molar-refractivity contribution in [1.82, 2.24) is 4.90 Å². The van der Waals surface area contributed by atoms with Crippen LogP contribution in [0.2, 0.25) is 0 Å². The summed E-state index contributed by atoms with van der Waals surface area (Å²) in [6.07, 6.45) is 0. The Balaban J connectivity index is 2.24. The molecule has 0 heterocycles. The van der Waals surface area contributed by atoms with Crippen molar-refractivity contribution in [3.8, 4) is 11.5 Å². The summed E-state index contributed by atoms with van der Waals surface area (Å²) in [5.41, 5.74) is 0.393. The number of carboxylic acid groups (broad SMARTS) is 1. The zero-order valence-electron chi connectivity index (χ0n) is 12.0. The van der Waals surface area contributed by atoms with Crippen LogP contribution in [0.5, 0.6) is 11.5 Å². The van der Waals surface area contributed by atoms with Crippen molar-refractivity contribution in [1.29, 1.82) is 0 Å². The molecule has 0 aliphatic heterocycles. The van der Waals surface area contributed by atoms with E-state index < -0.39 is 24.1 Å². The molecule has 0 saturated carbocycles. The smallest absolute Gasteiger partial charge is 0.317 e. The highest BCUT2D eigenvalue weighted by molar-refractivity contribution is 5.69. The van der Waals surface area contributed by atoms with Crippen molar-refractivity contribution in [2.24, 2.45) is 0 Å². The lowest BCUT2D eigenvalue weighted by Gasteiger charge is -2.21. The molecule has 0 aliphatic carbocycles. The third kappa shape index (κ3) is 4.65. The number of carboxylic acids is 1. The molecule has 0 amide bonds. The van der Waals surface area contributed by atoms with Crippen LogP contribution in [-0.4, -0.2) is 32.7 Å². The average molecular weight is 323 g/mol. The van der Waals surface area contributed by atoms with Gasteiger partial charge >= 0.3 is 5.97 Å². The van der Waals surface area contributed by atoms with Crippen LogP contribution in [0.15, 0.2) is 36.4 Å². The van der Waals surface area contributed by atoms with Gasteiger partial charge in [0.15, 0.2) is 0 Å². The van der Waals surface area contributed by atoms with E-state index in [9.17, 15) is 23.8 Å². The van der Waals surface area contributed by atoms with E-state index in [0.717, 1.165) is 24.3 Å². The number of aliphatic carboxylic acids is 1. The minimum Gasteiger partial charge on any atom is -0.508 e. The van der Waals surface area contributed by atoms with Crippen molar-refractivity contribution < 1.29 is 28.9 Å². The van der Waals surface area contributed by atoms with Gasteiger partial charge in [-0.2, -0.15) is 0 Å². The maximum Gasteiger partial charge on any atom is 0.317 e. The van der Waals surface area contributed by atoms with Gasteiger partial charge < -0.3 is 15.3 Å². The molecule has 2 aromatic rings. The third-order valence-corrected chi connectivity index (χ3v) is 3.23. The van der Waals surface area contributed by atoms with Crippen LogP contribution in [0, 0.1) is 11.6 Å². The summed E-state index contributed by atoms with van der Waals surface area (Å²) in [5, 5.41) is 28.4. The second kappa shape index (κ2) is 7.06. The quantitative estimate of drug-likeness (QED) is 0.761. The van der Waals surface area contributed by atoms with Crippen molar-refractivity contribution in [2.75, 3.05) is 6.54 Å². The Kier molecular flexibility index (Phi) is 5.13. The molecule has 0 unspecified atom stereocenters. The number of aromatic hydroxyl groups is 2. The largest absolute Gasteiger partial charge is 0.508 e. The van der Waals surface area contributed by atoms with Gasteiger partial charge in [0.1, 0.15) is 23.1 Å². The Labute approximate surface area is 131 Å². The number of phenols is 2. The molecule has 3 N–H and O–H groups in total. The highest BCUT2D eigenvalue weighted by atomic mass is 19.1. The molecule has 122 valence electrons. The number of nitrogens with zero attached hydrogens (tertiary/aromatic N) is 1. The number of rotatable bonds is 6. The number of hydrogen-bond acceptors (Lipinski definition) is 4. The Morgan fingerprint density at radius 3 is 1.74 bits per heavy atom. The average Bonchev–Trinajstić information content (AvgIpc) is 2.46. The van der Waals surface area contributed by atoms with Gasteiger partial charge in [0.05, 0.1) is 6.54 Å². The van der Waals surface area contributed by atoms with E-state index in [1.807, 2.05) is 0 Å². The predicted molar refractivity (Wildman–Crippen MR) is 77.9 cm³/mol. The molecule has 2 rings (SSSR count). The molecule has 7 heteroatoms. The number of carbonyl (C=O) groups is 1. The lowest BCUT2D eigenvalue weighted by molar-refractivity contribution is -0.138. The molecule has 0 atom stereocenters. The standard InChI is InChI=1S/C16H15F2NO4/c17-12-1-3-14(20)10(5-12)7-19(9-16(22)23)8-11-6-13(18)2-4-15(11)21/h1-6,20-21H,7-9H2,(H,22,23). The second-order valence-electron chi connectivity index (χ2n) is 5.08. The second-order valence-corrected chi connectivity index (χ2v) is 5.08. The third-order valence-electron chi connectivity index (χ3n) is 3.23. The zero-order chi connectivity index (χ0) is 17.0. The minimum absolute atomic E-state index is 0.0775. The molecule has 0 aromatic heterocycles. The van der Waals surface area contributed by atoms with E-state index in [4.69, 9.17) is 5.11 Å². The fourth-order valence-corrected chi connectivity index (χ4v) is 2.20. The number of benzene rings is 2. The number of hydrogen-bond donors (Lipinski definition) is 3. The minimum atomic E-state index is -1.14. The van der Waals surface area contributed by atoms with Crippen LogP contribution in [0.25, 0.3) is 0 Å². The van der Waals surface area contributed by atoms with Gasteiger partial charge in [0, 0.05) is 24.2 Å². The molecule has 0 aliphatic rings. The van der Waals surface area contributed by atoms with Gasteiger partial charge in [-0.15, -0.1) is 0 Å². The van der Waals surface area contributed by atoms with E-state index in [1.54, 1.807) is 0 Å². The van der Waals surface area contributed by atoms with E-state index >= 15 is 0 Å². The Hall–Kier alpha value is -2.67. The first kappa shape index (κ1) is 16.7. The van der Waals surface area contributed by atoms with Gasteiger partial charge in [-0.25, -0.2) is 8.78 Å². The van der Waals surface area contributed by atoms with E-state index in [1.165, 1.54) is 17.0 Å². The first-order chi connectivity index (χ1) is 10.8. The molecule has 0 radical (unpaired) electrons. The SMILES string of the molecule is O=C(O)CN(Cc1cc(F)ccc1O)Cc1cc(F)ccc1O. The molecule has 0 spiro atoms. The zero-order valence-corrected chi connectivity index (χ0v) is 12.0. The van der Waals surface area contributed by atoms with Crippen molar-refractivity contribution in [3.05, 3.63) is 59.2 Å². The summed E-state index contributed by atoms with van der Waals surface area (Å²) in [5.74, 6) is -2.63. The molecule has 2 aromatic carbocycles. The monoisotopic (exact) mass is 323 g/mol. The molecule has 0 fully saturated rings. The molecule has 5 nitrogen and oxygen atoms in total. The lowest BCUT2D eigenvalue weighted by atomic mass is 10.1. The summed E-state index contributed by atoms with van der Waals surface area (Å²) >= 11 is 0. The highest BCUT2D eigenvalue weighted by Crippen LogP contribution is 2.23. The van der Waals surface area contributed by atoms with E-state index in [2.05, 4.69) is 0 Å². The van der Waals surface area contributed by atoms with Crippen molar-refractivity contribution in [3.63, 3.8) is 0 Å². The molecule has 0 saturated heterocycles. The van der Waals surface area contributed by atoms with Gasteiger partial charge in [-0.3, -0.25) is 9.69 Å². The van der Waals surface area contributed by atoms with E-state index in [0.29, 0.717) is 0 Å². The van der Waals surface area contributed by atoms with Crippen LogP contribution in [0.3, 0.4) is 0 Å².